The molecule has 0 unspecified atom stereocenters. The Morgan fingerprint density at radius 1 is 1.45 bits per heavy atom. The van der Waals surface area contributed by atoms with Crippen LogP contribution in [-0.4, -0.2) is 16.7 Å². The van der Waals surface area contributed by atoms with Crippen LogP contribution in [0, 0.1) is 3.70 Å². The molecule has 0 spiro atoms. The van der Waals surface area contributed by atoms with Crippen molar-refractivity contribution >= 4 is 22.6 Å². The molecule has 1 rings (SSSR count). The van der Waals surface area contributed by atoms with Gasteiger partial charge in [-0.1, -0.05) is 6.07 Å². The van der Waals surface area contributed by atoms with E-state index in [2.05, 4.69) is 27.6 Å². The molecule has 0 fully saturated rings. The van der Waals surface area contributed by atoms with E-state index in [1.165, 1.54) is 5.56 Å². The van der Waals surface area contributed by atoms with Crippen molar-refractivity contribution in [1.29, 1.82) is 0 Å². The predicted octanol–water partition coefficient (Wildman–Crippen LogP) is 1.61. The number of aryl methyl sites for hydroxylation is 1. The molecule has 2 nitrogen and oxygen atoms in total. The zero-order valence-corrected chi connectivity index (χ0v) is 8.28. The molecule has 1 heterocycles. The highest BCUT2D eigenvalue weighted by Gasteiger charge is 1.92. The molecule has 1 aromatic heterocycles. The Labute approximate surface area is 79.8 Å². The molecular weight excluding hydrogens is 253 g/mol. The highest BCUT2D eigenvalue weighted by atomic mass is 127. The van der Waals surface area contributed by atoms with Gasteiger partial charge >= 0.3 is 0 Å². The molecule has 3 heteroatoms. The van der Waals surface area contributed by atoms with Gasteiger partial charge in [-0.3, -0.25) is 4.98 Å². The lowest BCUT2D eigenvalue weighted by molar-refractivity contribution is 0.288. The quantitative estimate of drug-likeness (QED) is 0.664. The average Bonchev–Trinajstić information content (AvgIpc) is 2.04. The van der Waals surface area contributed by atoms with E-state index >= 15 is 0 Å². The minimum atomic E-state index is 0.256. The Morgan fingerprint density at radius 2 is 2.27 bits per heavy atom. The number of halogens is 1. The molecule has 0 aliphatic rings. The zero-order valence-electron chi connectivity index (χ0n) is 6.13. The van der Waals surface area contributed by atoms with Gasteiger partial charge in [-0.05, 0) is 47.1 Å². The summed E-state index contributed by atoms with van der Waals surface area (Å²) in [5.41, 5.74) is 1.19. The molecule has 0 bridgehead atoms. The fourth-order valence-corrected chi connectivity index (χ4v) is 1.16. The van der Waals surface area contributed by atoms with Gasteiger partial charge in [0.25, 0.3) is 0 Å². The summed E-state index contributed by atoms with van der Waals surface area (Å²) in [5, 5.41) is 8.56. The van der Waals surface area contributed by atoms with Gasteiger partial charge in [0.2, 0.25) is 0 Å². The van der Waals surface area contributed by atoms with Gasteiger partial charge in [-0.2, -0.15) is 0 Å². The van der Waals surface area contributed by atoms with Gasteiger partial charge in [0.15, 0.2) is 0 Å². The maximum Gasteiger partial charge on any atom is 0.101 e. The molecule has 0 saturated carbocycles. The van der Waals surface area contributed by atoms with E-state index < -0.39 is 0 Å². The van der Waals surface area contributed by atoms with Crippen LogP contribution in [0.5, 0.6) is 0 Å². The van der Waals surface area contributed by atoms with Crippen LogP contribution in [0.15, 0.2) is 18.3 Å². The third-order valence-corrected chi connectivity index (χ3v) is 2.05. The summed E-state index contributed by atoms with van der Waals surface area (Å²) in [6.45, 7) is 0.256. The Kier molecular flexibility index (Phi) is 3.79. The number of aliphatic hydroxyl groups excluding tert-OH is 1. The topological polar surface area (TPSA) is 33.1 Å². The second-order valence-corrected chi connectivity index (χ2v) is 3.42. The van der Waals surface area contributed by atoms with E-state index in [-0.39, 0.29) is 6.61 Å². The molecule has 0 saturated heterocycles. The van der Waals surface area contributed by atoms with Crippen LogP contribution in [0.4, 0.5) is 0 Å². The smallest absolute Gasteiger partial charge is 0.101 e. The number of nitrogens with zero attached hydrogens (tertiary/aromatic N) is 1. The van der Waals surface area contributed by atoms with Gasteiger partial charge in [0, 0.05) is 12.8 Å². The molecule has 60 valence electrons. The number of pyridine rings is 1. The summed E-state index contributed by atoms with van der Waals surface area (Å²) >= 11 is 2.17. The Hall–Kier alpha value is -0.160. The van der Waals surface area contributed by atoms with Crippen molar-refractivity contribution in [1.82, 2.24) is 4.98 Å². The first-order valence-corrected chi connectivity index (χ1v) is 4.62. The van der Waals surface area contributed by atoms with Crippen molar-refractivity contribution in [3.05, 3.63) is 27.6 Å². The van der Waals surface area contributed by atoms with E-state index in [1.54, 1.807) is 0 Å². The highest BCUT2D eigenvalue weighted by molar-refractivity contribution is 14.1. The Bertz CT molecular complexity index is 210. The third kappa shape index (κ3) is 3.16. The van der Waals surface area contributed by atoms with Crippen LogP contribution >= 0.6 is 22.6 Å². The fourth-order valence-electron chi connectivity index (χ4n) is 0.838. The van der Waals surface area contributed by atoms with Crippen molar-refractivity contribution in [2.24, 2.45) is 0 Å². The van der Waals surface area contributed by atoms with Crippen molar-refractivity contribution in [3.8, 4) is 0 Å². The van der Waals surface area contributed by atoms with Gasteiger partial charge in [0.1, 0.15) is 3.70 Å². The number of aromatic nitrogens is 1. The lowest BCUT2D eigenvalue weighted by Gasteiger charge is -1.97. The second-order valence-electron chi connectivity index (χ2n) is 2.32. The average molecular weight is 263 g/mol. The molecule has 0 atom stereocenters. The van der Waals surface area contributed by atoms with Crippen LogP contribution < -0.4 is 0 Å². The van der Waals surface area contributed by atoms with Gasteiger partial charge in [-0.15, -0.1) is 0 Å². The van der Waals surface area contributed by atoms with Crippen LogP contribution in [0.3, 0.4) is 0 Å². The monoisotopic (exact) mass is 263 g/mol. The lowest BCUT2D eigenvalue weighted by atomic mass is 10.2. The van der Waals surface area contributed by atoms with Crippen LogP contribution in [0.2, 0.25) is 0 Å². The number of hydrogen-bond donors (Lipinski definition) is 1. The maximum atomic E-state index is 8.56. The molecule has 11 heavy (non-hydrogen) atoms. The summed E-state index contributed by atoms with van der Waals surface area (Å²) in [4.78, 5) is 4.14. The van der Waals surface area contributed by atoms with Crippen LogP contribution in [-0.2, 0) is 6.42 Å². The first-order valence-electron chi connectivity index (χ1n) is 3.54. The molecular formula is C8H10INO. The normalized spacial score (nSPS) is 10.0. The second kappa shape index (κ2) is 4.66. The van der Waals surface area contributed by atoms with E-state index in [1.807, 2.05) is 18.3 Å². The summed E-state index contributed by atoms with van der Waals surface area (Å²) < 4.78 is 1.01. The summed E-state index contributed by atoms with van der Waals surface area (Å²) in [5.74, 6) is 0. The molecule has 0 radical (unpaired) electrons. The van der Waals surface area contributed by atoms with Gasteiger partial charge in [-0.25, -0.2) is 0 Å². The summed E-state index contributed by atoms with van der Waals surface area (Å²) in [7, 11) is 0. The minimum absolute atomic E-state index is 0.256. The maximum absolute atomic E-state index is 8.56. The van der Waals surface area contributed by atoms with Crippen LogP contribution in [0.1, 0.15) is 12.0 Å². The Morgan fingerprint density at radius 3 is 2.82 bits per heavy atom. The first-order chi connectivity index (χ1) is 5.33. The summed E-state index contributed by atoms with van der Waals surface area (Å²) in [6, 6.07) is 4.03. The highest BCUT2D eigenvalue weighted by Crippen LogP contribution is 2.04. The molecule has 0 aliphatic heterocycles. The lowest BCUT2D eigenvalue weighted by Crippen LogP contribution is -1.90. The number of hydrogen-bond acceptors (Lipinski definition) is 2. The molecule has 1 aromatic rings. The molecule has 1 N–H and O–H groups in total. The SMILES string of the molecule is OCCCc1ccc(I)nc1. The molecule has 0 amide bonds. The van der Waals surface area contributed by atoms with Crippen molar-refractivity contribution in [2.45, 2.75) is 12.8 Å². The molecule has 0 aromatic carbocycles. The standard InChI is InChI=1S/C8H10INO/c9-8-4-3-7(6-10-8)2-1-5-11/h3-4,6,11H,1-2,5H2. The first kappa shape index (κ1) is 8.93. The van der Waals surface area contributed by atoms with Gasteiger partial charge in [0.05, 0.1) is 0 Å². The van der Waals surface area contributed by atoms with Crippen LogP contribution in [0.25, 0.3) is 0 Å². The summed E-state index contributed by atoms with van der Waals surface area (Å²) in [6.07, 6.45) is 3.60. The van der Waals surface area contributed by atoms with Crippen molar-refractivity contribution in [2.75, 3.05) is 6.61 Å². The predicted molar refractivity (Wildman–Crippen MR) is 52.4 cm³/mol. The Balaban J connectivity index is 2.52. The minimum Gasteiger partial charge on any atom is -0.396 e. The van der Waals surface area contributed by atoms with E-state index in [4.69, 9.17) is 5.11 Å². The number of rotatable bonds is 3. The van der Waals surface area contributed by atoms with Crippen molar-refractivity contribution in [3.63, 3.8) is 0 Å². The van der Waals surface area contributed by atoms with E-state index in [0.29, 0.717) is 0 Å². The zero-order chi connectivity index (χ0) is 8.10. The fraction of sp³-hybridized carbons (Fsp3) is 0.375. The number of aliphatic hydroxyl groups is 1. The largest absolute Gasteiger partial charge is 0.396 e. The van der Waals surface area contributed by atoms with E-state index in [0.717, 1.165) is 16.5 Å². The van der Waals surface area contributed by atoms with Gasteiger partial charge < -0.3 is 5.11 Å². The molecule has 0 aliphatic carbocycles. The van der Waals surface area contributed by atoms with Crippen molar-refractivity contribution < 1.29 is 5.11 Å². The van der Waals surface area contributed by atoms with E-state index in [9.17, 15) is 0 Å². The third-order valence-electron chi connectivity index (χ3n) is 1.41.